The Labute approximate surface area is 309 Å². The molecule has 2 aromatic heterocycles. The van der Waals surface area contributed by atoms with E-state index in [0.717, 1.165) is 27.9 Å². The molecule has 1 aliphatic heterocycles. The van der Waals surface area contributed by atoms with E-state index in [9.17, 15) is 14.4 Å². The van der Waals surface area contributed by atoms with E-state index >= 15 is 0 Å². The molecule has 5 aromatic rings. The van der Waals surface area contributed by atoms with Gasteiger partial charge in [0.15, 0.2) is 5.65 Å². The minimum Gasteiger partial charge on any atom is -0.449 e. The highest BCUT2D eigenvalue weighted by Crippen LogP contribution is 2.32. The van der Waals surface area contributed by atoms with Crippen LogP contribution in [0.1, 0.15) is 33.3 Å². The van der Waals surface area contributed by atoms with E-state index in [1.165, 1.54) is 0 Å². The molecule has 53 heavy (non-hydrogen) atoms. The lowest BCUT2D eigenvalue weighted by Gasteiger charge is -2.38. The Bertz CT molecular complexity index is 2020. The van der Waals surface area contributed by atoms with Crippen LogP contribution in [-0.4, -0.2) is 76.4 Å². The molecule has 4 N–H and O–H groups in total. The summed E-state index contributed by atoms with van der Waals surface area (Å²) in [6.07, 6.45) is 2.39. The highest BCUT2D eigenvalue weighted by atomic mass is 16.6. The fourth-order valence-electron chi connectivity index (χ4n) is 6.14. The summed E-state index contributed by atoms with van der Waals surface area (Å²) in [5, 5.41) is 10.1. The first kappa shape index (κ1) is 36.7. The second-order valence-electron chi connectivity index (χ2n) is 13.8. The molecule has 13 heteroatoms. The molecule has 0 saturated carbocycles. The van der Waals surface area contributed by atoms with E-state index in [1.54, 1.807) is 29.0 Å². The second-order valence-corrected chi connectivity index (χ2v) is 13.8. The standard InChI is InChI=1S/C40H46N8O5/c1-26(2)24-52-39(50)44-31-14-10-29(11-15-31)33-22-42-37-34(23-43-48(37)36(33)41)30-12-16-32(17-13-30)46-18-20-47(21-19-46)38(49)35(27(3)4)45-40(51)53-25-28-8-6-5-7-9-28/h5-17,22-23,26-27,35H,18-21,24-25,41H2,1-4H3,(H,44,50)(H,45,51). The predicted molar refractivity (Wildman–Crippen MR) is 205 cm³/mol. The quantitative estimate of drug-likeness (QED) is 0.140. The summed E-state index contributed by atoms with van der Waals surface area (Å²) >= 11 is 0. The zero-order valence-electron chi connectivity index (χ0n) is 30.5. The van der Waals surface area contributed by atoms with Gasteiger partial charge in [0, 0.05) is 54.9 Å². The Kier molecular flexibility index (Phi) is 11.4. The van der Waals surface area contributed by atoms with Crippen LogP contribution in [0.25, 0.3) is 27.9 Å². The number of amides is 3. The van der Waals surface area contributed by atoms with Gasteiger partial charge in [0.2, 0.25) is 5.91 Å². The van der Waals surface area contributed by atoms with Crippen LogP contribution in [0.5, 0.6) is 0 Å². The first-order chi connectivity index (χ1) is 25.6. The summed E-state index contributed by atoms with van der Waals surface area (Å²) < 4.78 is 12.2. The molecular formula is C40H46N8O5. The number of carbonyl (C=O) groups excluding carboxylic acids is 3. The molecule has 1 saturated heterocycles. The molecule has 276 valence electrons. The summed E-state index contributed by atoms with van der Waals surface area (Å²) in [6.45, 7) is 10.7. The van der Waals surface area contributed by atoms with Crippen molar-refractivity contribution in [3.05, 3.63) is 96.8 Å². The predicted octanol–water partition coefficient (Wildman–Crippen LogP) is 6.45. The fraction of sp³-hybridized carbons (Fsp3) is 0.325. The van der Waals surface area contributed by atoms with E-state index in [0.29, 0.717) is 55.5 Å². The first-order valence-corrected chi connectivity index (χ1v) is 17.8. The Morgan fingerprint density at radius 3 is 2.11 bits per heavy atom. The van der Waals surface area contributed by atoms with Gasteiger partial charge in [-0.3, -0.25) is 10.1 Å². The minimum atomic E-state index is -0.678. The van der Waals surface area contributed by atoms with Crippen molar-refractivity contribution in [1.82, 2.24) is 24.8 Å². The van der Waals surface area contributed by atoms with Gasteiger partial charge in [-0.15, -0.1) is 0 Å². The number of nitrogen functional groups attached to an aromatic ring is 1. The van der Waals surface area contributed by atoms with Gasteiger partial charge in [-0.1, -0.05) is 82.3 Å². The molecule has 0 bridgehead atoms. The number of alkyl carbamates (subject to hydrolysis) is 1. The lowest BCUT2D eigenvalue weighted by atomic mass is 10.0. The number of nitrogens with one attached hydrogen (secondary N) is 2. The van der Waals surface area contributed by atoms with E-state index in [-0.39, 0.29) is 24.3 Å². The summed E-state index contributed by atoms with van der Waals surface area (Å²) in [4.78, 5) is 46.8. The average molecular weight is 719 g/mol. The Morgan fingerprint density at radius 2 is 1.45 bits per heavy atom. The van der Waals surface area contributed by atoms with Gasteiger partial charge in [0.05, 0.1) is 12.8 Å². The number of hydrogen-bond donors (Lipinski definition) is 3. The molecule has 6 rings (SSSR count). The molecule has 3 aromatic carbocycles. The molecule has 0 aliphatic carbocycles. The number of carbonyl (C=O) groups is 3. The van der Waals surface area contributed by atoms with Gasteiger partial charge in [-0.25, -0.2) is 14.6 Å². The zero-order chi connectivity index (χ0) is 37.5. The lowest BCUT2D eigenvalue weighted by Crippen LogP contribution is -2.56. The Balaban J connectivity index is 1.05. The van der Waals surface area contributed by atoms with Crippen molar-refractivity contribution in [3.8, 4) is 22.3 Å². The van der Waals surface area contributed by atoms with Gasteiger partial charge < -0.3 is 30.3 Å². The molecule has 1 fully saturated rings. The number of aromatic nitrogens is 3. The van der Waals surface area contributed by atoms with Crippen molar-refractivity contribution >= 4 is 40.9 Å². The third kappa shape index (κ3) is 8.86. The number of nitrogens with zero attached hydrogens (tertiary/aromatic N) is 5. The number of nitrogens with two attached hydrogens (primary N) is 1. The van der Waals surface area contributed by atoms with Crippen LogP contribution in [0.2, 0.25) is 0 Å². The molecule has 1 unspecified atom stereocenters. The SMILES string of the molecule is CC(C)COC(=O)Nc1ccc(-c2cnc3c(-c4ccc(N5CCN(C(=O)C(NC(=O)OCc6ccccc6)C(C)C)CC5)cc4)cnn3c2N)cc1. The highest BCUT2D eigenvalue weighted by Gasteiger charge is 2.31. The first-order valence-electron chi connectivity index (χ1n) is 17.8. The third-order valence-corrected chi connectivity index (χ3v) is 9.11. The summed E-state index contributed by atoms with van der Waals surface area (Å²) in [5.41, 5.74) is 13.1. The number of benzene rings is 3. The van der Waals surface area contributed by atoms with Gasteiger partial charge >= 0.3 is 12.2 Å². The maximum Gasteiger partial charge on any atom is 0.411 e. The van der Waals surface area contributed by atoms with Crippen molar-refractivity contribution < 1.29 is 23.9 Å². The maximum atomic E-state index is 13.5. The van der Waals surface area contributed by atoms with E-state index in [2.05, 4.69) is 32.8 Å². The van der Waals surface area contributed by atoms with Crippen LogP contribution in [-0.2, 0) is 20.9 Å². The number of rotatable bonds is 11. The van der Waals surface area contributed by atoms with Crippen LogP contribution in [0, 0.1) is 11.8 Å². The number of hydrogen-bond acceptors (Lipinski definition) is 9. The fourth-order valence-corrected chi connectivity index (χ4v) is 6.14. The number of fused-ring (bicyclic) bond motifs is 1. The number of anilines is 3. The number of piperazine rings is 1. The van der Waals surface area contributed by atoms with E-state index in [4.69, 9.17) is 20.2 Å². The van der Waals surface area contributed by atoms with Gasteiger partial charge in [0.25, 0.3) is 0 Å². The second kappa shape index (κ2) is 16.5. The largest absolute Gasteiger partial charge is 0.449 e. The van der Waals surface area contributed by atoms with Crippen LogP contribution in [0.3, 0.4) is 0 Å². The van der Waals surface area contributed by atoms with Crippen molar-refractivity contribution in [2.24, 2.45) is 11.8 Å². The lowest BCUT2D eigenvalue weighted by molar-refractivity contribution is -0.134. The van der Waals surface area contributed by atoms with Crippen LogP contribution < -0.4 is 21.3 Å². The molecule has 13 nitrogen and oxygen atoms in total. The Hall–Kier alpha value is -6.11. The smallest absolute Gasteiger partial charge is 0.411 e. The molecule has 0 radical (unpaired) electrons. The summed E-state index contributed by atoms with van der Waals surface area (Å²) in [7, 11) is 0. The summed E-state index contributed by atoms with van der Waals surface area (Å²) in [6, 6.07) is 24.2. The van der Waals surface area contributed by atoms with Gasteiger partial charge in [-0.05, 0) is 52.8 Å². The average Bonchev–Trinajstić information content (AvgIpc) is 3.61. The topological polar surface area (TPSA) is 156 Å². The van der Waals surface area contributed by atoms with Crippen LogP contribution in [0.4, 0.5) is 26.8 Å². The van der Waals surface area contributed by atoms with E-state index < -0.39 is 18.2 Å². The normalized spacial score (nSPS) is 13.6. The van der Waals surface area contributed by atoms with E-state index in [1.807, 2.05) is 87.2 Å². The zero-order valence-corrected chi connectivity index (χ0v) is 30.5. The maximum absolute atomic E-state index is 13.5. The highest BCUT2D eigenvalue weighted by molar-refractivity contribution is 5.87. The molecule has 1 atom stereocenters. The van der Waals surface area contributed by atoms with Crippen molar-refractivity contribution in [2.45, 2.75) is 40.3 Å². The van der Waals surface area contributed by atoms with Crippen LogP contribution >= 0.6 is 0 Å². The summed E-state index contributed by atoms with van der Waals surface area (Å²) in [5.74, 6) is 0.488. The number of ether oxygens (including phenoxy) is 2. The van der Waals surface area contributed by atoms with Gasteiger partial charge in [0.1, 0.15) is 18.5 Å². The van der Waals surface area contributed by atoms with Crippen LogP contribution in [0.15, 0.2) is 91.3 Å². The monoisotopic (exact) mass is 718 g/mol. The molecule has 3 amide bonds. The molecular weight excluding hydrogens is 672 g/mol. The minimum absolute atomic E-state index is 0.101. The van der Waals surface area contributed by atoms with Crippen molar-refractivity contribution in [2.75, 3.05) is 48.7 Å². The third-order valence-electron chi connectivity index (χ3n) is 9.11. The van der Waals surface area contributed by atoms with Gasteiger partial charge in [-0.2, -0.15) is 9.61 Å². The van der Waals surface area contributed by atoms with Crippen molar-refractivity contribution in [1.29, 1.82) is 0 Å². The molecule has 0 spiro atoms. The Morgan fingerprint density at radius 1 is 0.792 bits per heavy atom. The van der Waals surface area contributed by atoms with Crippen molar-refractivity contribution in [3.63, 3.8) is 0 Å². The molecule has 3 heterocycles. The molecule has 1 aliphatic rings.